The third kappa shape index (κ3) is 3.26. The summed E-state index contributed by atoms with van der Waals surface area (Å²) in [5.41, 5.74) is 2.05. The molecule has 0 saturated carbocycles. The highest BCUT2D eigenvalue weighted by molar-refractivity contribution is 9.10. The lowest BCUT2D eigenvalue weighted by atomic mass is 9.91. The summed E-state index contributed by atoms with van der Waals surface area (Å²) in [7, 11) is 0. The summed E-state index contributed by atoms with van der Waals surface area (Å²) < 4.78 is 0.998. The van der Waals surface area contributed by atoms with E-state index in [1.165, 1.54) is 0 Å². The van der Waals surface area contributed by atoms with Crippen LogP contribution in [0.5, 0.6) is 0 Å². The van der Waals surface area contributed by atoms with Crippen LogP contribution in [-0.2, 0) is 9.59 Å². The van der Waals surface area contributed by atoms with Crippen LogP contribution in [0.15, 0.2) is 52.5 Å². The molecule has 3 heteroatoms. The van der Waals surface area contributed by atoms with Crippen molar-refractivity contribution in [2.45, 2.75) is 18.8 Å². The van der Waals surface area contributed by atoms with E-state index in [9.17, 15) is 9.59 Å². The van der Waals surface area contributed by atoms with Crippen molar-refractivity contribution in [3.8, 4) is 0 Å². The molecule has 92 valence electrons. The molecule has 0 heterocycles. The lowest BCUT2D eigenvalue weighted by Gasteiger charge is -2.13. The highest BCUT2D eigenvalue weighted by Crippen LogP contribution is 2.25. The summed E-state index contributed by atoms with van der Waals surface area (Å²) in [5, 5.41) is 0. The molecule has 1 aliphatic carbocycles. The zero-order valence-corrected chi connectivity index (χ0v) is 11.4. The number of hydrogen-bond donors (Lipinski definition) is 0. The maximum absolute atomic E-state index is 11.2. The molecular formula is C15H13BrO2. The van der Waals surface area contributed by atoms with Crippen molar-refractivity contribution >= 4 is 28.0 Å². The summed E-state index contributed by atoms with van der Waals surface area (Å²) in [5.74, 6) is -0.0350. The lowest BCUT2D eigenvalue weighted by Crippen LogP contribution is -2.04. The van der Waals surface area contributed by atoms with Crippen molar-refractivity contribution in [1.82, 2.24) is 0 Å². The average molecular weight is 305 g/mol. The van der Waals surface area contributed by atoms with Crippen LogP contribution in [0.3, 0.4) is 0 Å². The highest BCUT2D eigenvalue weighted by atomic mass is 79.9. The SMILES string of the molecule is O=CC(CC1=CCC(=O)C=C1)c1ccc(Br)cc1. The van der Waals surface area contributed by atoms with Gasteiger partial charge >= 0.3 is 0 Å². The largest absolute Gasteiger partial charge is 0.303 e. The second-order valence-corrected chi connectivity index (χ2v) is 5.20. The number of halogens is 1. The second-order valence-electron chi connectivity index (χ2n) is 4.28. The molecule has 2 rings (SSSR count). The molecule has 0 amide bonds. The summed E-state index contributed by atoms with van der Waals surface area (Å²) >= 11 is 3.37. The van der Waals surface area contributed by atoms with E-state index in [4.69, 9.17) is 0 Å². The Kier molecular flexibility index (Phi) is 4.26. The molecule has 0 aliphatic heterocycles. The minimum absolute atomic E-state index is 0.116. The van der Waals surface area contributed by atoms with Crippen LogP contribution in [0.1, 0.15) is 24.3 Å². The van der Waals surface area contributed by atoms with E-state index in [2.05, 4.69) is 15.9 Å². The zero-order valence-electron chi connectivity index (χ0n) is 9.80. The predicted octanol–water partition coefficient (Wildman–Crippen LogP) is 3.58. The van der Waals surface area contributed by atoms with Gasteiger partial charge in [-0.2, -0.15) is 0 Å². The number of carbonyl (C=O) groups is 2. The monoisotopic (exact) mass is 304 g/mol. The topological polar surface area (TPSA) is 34.1 Å². The Labute approximate surface area is 115 Å². The molecule has 1 aromatic carbocycles. The summed E-state index contributed by atoms with van der Waals surface area (Å²) in [6.07, 6.45) is 7.35. The van der Waals surface area contributed by atoms with E-state index in [0.29, 0.717) is 12.8 Å². The second kappa shape index (κ2) is 5.91. The Hall–Kier alpha value is -1.48. The van der Waals surface area contributed by atoms with Gasteiger partial charge in [-0.05, 0) is 30.2 Å². The van der Waals surface area contributed by atoms with Crippen molar-refractivity contribution in [3.63, 3.8) is 0 Å². The van der Waals surface area contributed by atoms with Crippen molar-refractivity contribution < 1.29 is 9.59 Å². The maximum atomic E-state index is 11.2. The van der Waals surface area contributed by atoms with E-state index in [-0.39, 0.29) is 11.7 Å². The fourth-order valence-corrected chi connectivity index (χ4v) is 2.19. The van der Waals surface area contributed by atoms with Gasteiger partial charge in [-0.25, -0.2) is 0 Å². The van der Waals surface area contributed by atoms with Crippen LogP contribution in [0.4, 0.5) is 0 Å². The van der Waals surface area contributed by atoms with Gasteiger partial charge in [0.05, 0.1) is 0 Å². The molecule has 1 aromatic rings. The smallest absolute Gasteiger partial charge is 0.159 e. The summed E-state index contributed by atoms with van der Waals surface area (Å²) in [6.45, 7) is 0. The first-order valence-electron chi connectivity index (χ1n) is 5.80. The Bertz CT molecular complexity index is 512. The van der Waals surface area contributed by atoms with Crippen LogP contribution in [0.2, 0.25) is 0 Å². The first kappa shape index (κ1) is 13.0. The number of hydrogen-bond acceptors (Lipinski definition) is 2. The van der Waals surface area contributed by atoms with Gasteiger partial charge in [0, 0.05) is 16.8 Å². The fraction of sp³-hybridized carbons (Fsp3) is 0.200. The van der Waals surface area contributed by atoms with Gasteiger partial charge in [0.2, 0.25) is 0 Å². The number of rotatable bonds is 4. The summed E-state index contributed by atoms with van der Waals surface area (Å²) in [6, 6.07) is 7.75. The average Bonchev–Trinajstić information content (AvgIpc) is 2.39. The third-order valence-corrected chi connectivity index (χ3v) is 3.50. The standard InChI is InChI=1S/C15H13BrO2/c16-14-5-3-12(4-6-14)13(10-17)9-11-1-7-15(18)8-2-11/h1-7,10,13H,8-9H2. The Morgan fingerprint density at radius 1 is 1.22 bits per heavy atom. The van der Waals surface area contributed by atoms with Gasteiger partial charge in [-0.3, -0.25) is 4.79 Å². The van der Waals surface area contributed by atoms with Crippen LogP contribution in [0, 0.1) is 0 Å². The molecule has 18 heavy (non-hydrogen) atoms. The molecule has 0 spiro atoms. The van der Waals surface area contributed by atoms with Gasteiger partial charge in [0.25, 0.3) is 0 Å². The number of benzene rings is 1. The number of aldehydes is 1. The quantitative estimate of drug-likeness (QED) is 0.797. The zero-order chi connectivity index (χ0) is 13.0. The molecule has 2 nitrogen and oxygen atoms in total. The van der Waals surface area contributed by atoms with Crippen LogP contribution in [-0.4, -0.2) is 12.1 Å². The number of carbonyl (C=O) groups excluding carboxylic acids is 2. The van der Waals surface area contributed by atoms with Crippen LogP contribution in [0.25, 0.3) is 0 Å². The Morgan fingerprint density at radius 3 is 2.50 bits per heavy atom. The minimum atomic E-state index is -0.151. The van der Waals surface area contributed by atoms with Gasteiger partial charge in [0.15, 0.2) is 5.78 Å². The lowest BCUT2D eigenvalue weighted by molar-refractivity contribution is -0.114. The molecule has 0 radical (unpaired) electrons. The highest BCUT2D eigenvalue weighted by Gasteiger charge is 2.13. The van der Waals surface area contributed by atoms with Crippen molar-refractivity contribution in [1.29, 1.82) is 0 Å². The Morgan fingerprint density at radius 2 is 1.94 bits per heavy atom. The minimum Gasteiger partial charge on any atom is -0.303 e. The molecule has 0 bridgehead atoms. The first-order valence-corrected chi connectivity index (χ1v) is 6.59. The van der Waals surface area contributed by atoms with E-state index in [1.54, 1.807) is 12.2 Å². The summed E-state index contributed by atoms with van der Waals surface area (Å²) in [4.78, 5) is 22.3. The normalized spacial score (nSPS) is 16.3. The third-order valence-electron chi connectivity index (χ3n) is 2.97. The van der Waals surface area contributed by atoms with Gasteiger partial charge in [-0.1, -0.05) is 45.8 Å². The molecular weight excluding hydrogens is 292 g/mol. The van der Waals surface area contributed by atoms with Crippen molar-refractivity contribution in [2.24, 2.45) is 0 Å². The number of ketones is 1. The van der Waals surface area contributed by atoms with Gasteiger partial charge in [-0.15, -0.1) is 0 Å². The van der Waals surface area contributed by atoms with Crippen LogP contribution >= 0.6 is 15.9 Å². The predicted molar refractivity (Wildman–Crippen MR) is 74.4 cm³/mol. The maximum Gasteiger partial charge on any atom is 0.159 e. The van der Waals surface area contributed by atoms with Gasteiger partial charge < -0.3 is 4.79 Å². The fourth-order valence-electron chi connectivity index (χ4n) is 1.93. The molecule has 1 unspecified atom stereocenters. The van der Waals surface area contributed by atoms with Gasteiger partial charge in [0.1, 0.15) is 6.29 Å². The first-order chi connectivity index (χ1) is 8.69. The van der Waals surface area contributed by atoms with E-state index in [0.717, 1.165) is 21.9 Å². The van der Waals surface area contributed by atoms with E-state index < -0.39 is 0 Å². The molecule has 0 aromatic heterocycles. The molecule has 0 N–H and O–H groups in total. The molecule has 0 saturated heterocycles. The Balaban J connectivity index is 2.10. The van der Waals surface area contributed by atoms with E-state index >= 15 is 0 Å². The molecule has 1 aliphatic rings. The molecule has 1 atom stereocenters. The van der Waals surface area contributed by atoms with Crippen LogP contribution < -0.4 is 0 Å². The number of allylic oxidation sites excluding steroid dienone is 4. The van der Waals surface area contributed by atoms with Crippen molar-refractivity contribution in [3.05, 3.63) is 58.1 Å². The molecule has 0 fully saturated rings. The van der Waals surface area contributed by atoms with E-state index in [1.807, 2.05) is 30.3 Å². The van der Waals surface area contributed by atoms with Crippen molar-refractivity contribution in [2.75, 3.05) is 0 Å².